The summed E-state index contributed by atoms with van der Waals surface area (Å²) in [5, 5.41) is 16.7. The third-order valence-electron chi connectivity index (χ3n) is 5.60. The average molecular weight is 447 g/mol. The lowest BCUT2D eigenvalue weighted by Crippen LogP contribution is -2.43. The summed E-state index contributed by atoms with van der Waals surface area (Å²) < 4.78 is 10.8. The van der Waals surface area contributed by atoms with Gasteiger partial charge in [0.25, 0.3) is 11.6 Å². The third kappa shape index (κ3) is 5.21. The van der Waals surface area contributed by atoms with Crippen LogP contribution in [-0.2, 0) is 9.47 Å². The molecule has 0 bridgehead atoms. The number of rotatable bonds is 7. The average Bonchev–Trinajstić information content (AvgIpc) is 3.34. The highest BCUT2D eigenvalue weighted by Crippen LogP contribution is 2.30. The maximum Gasteiger partial charge on any atom is 0.293 e. The van der Waals surface area contributed by atoms with Crippen molar-refractivity contribution in [1.82, 2.24) is 10.2 Å². The summed E-state index contributed by atoms with van der Waals surface area (Å²) >= 11 is 1.66. The summed E-state index contributed by atoms with van der Waals surface area (Å²) in [6.07, 6.45) is 0. The number of nitro benzene ring substituents is 1. The number of carbonyl (C=O) groups is 1. The van der Waals surface area contributed by atoms with Crippen molar-refractivity contribution in [1.29, 1.82) is 0 Å². The van der Waals surface area contributed by atoms with Crippen molar-refractivity contribution in [2.75, 3.05) is 64.1 Å². The van der Waals surface area contributed by atoms with Gasteiger partial charge in [-0.2, -0.15) is 0 Å². The van der Waals surface area contributed by atoms with Crippen molar-refractivity contribution >= 4 is 28.6 Å². The highest BCUT2D eigenvalue weighted by molar-refractivity contribution is 7.10. The van der Waals surface area contributed by atoms with Gasteiger partial charge in [-0.3, -0.25) is 19.8 Å². The molecule has 2 fully saturated rings. The second-order valence-corrected chi connectivity index (χ2v) is 8.43. The smallest absolute Gasteiger partial charge is 0.293 e. The van der Waals surface area contributed by atoms with Crippen LogP contribution < -0.4 is 10.2 Å². The number of hydrogen-bond donors (Lipinski definition) is 1. The molecule has 1 aromatic heterocycles. The first kappa shape index (κ1) is 21.7. The van der Waals surface area contributed by atoms with Crippen LogP contribution in [0.5, 0.6) is 0 Å². The zero-order chi connectivity index (χ0) is 21.6. The SMILES string of the molecule is O=C(NC[C@@H](c1cccs1)N1CCOCC1)c1ccc(N2CCOCC2)c([N+](=O)[O-])c1. The number of carbonyl (C=O) groups excluding carboxylic acids is 1. The Bertz CT molecular complexity index is 895. The molecule has 166 valence electrons. The predicted octanol–water partition coefficient (Wildman–Crippen LogP) is 2.30. The first-order valence-electron chi connectivity index (χ1n) is 10.4. The van der Waals surface area contributed by atoms with Crippen LogP contribution >= 0.6 is 11.3 Å². The molecule has 1 aromatic carbocycles. The molecule has 1 N–H and O–H groups in total. The Kier molecular flexibility index (Phi) is 7.13. The van der Waals surface area contributed by atoms with Crippen LogP contribution in [0.25, 0.3) is 0 Å². The van der Waals surface area contributed by atoms with Crippen LogP contribution in [0.4, 0.5) is 11.4 Å². The molecule has 2 aliphatic rings. The molecule has 1 atom stereocenters. The second kappa shape index (κ2) is 10.2. The third-order valence-corrected chi connectivity index (χ3v) is 6.57. The minimum atomic E-state index is -0.427. The fraction of sp³-hybridized carbons (Fsp3) is 0.476. The molecule has 0 radical (unpaired) electrons. The van der Waals surface area contributed by atoms with Gasteiger partial charge in [-0.15, -0.1) is 11.3 Å². The van der Waals surface area contributed by atoms with E-state index in [1.807, 2.05) is 16.3 Å². The molecular weight excluding hydrogens is 420 g/mol. The maximum atomic E-state index is 12.9. The van der Waals surface area contributed by atoms with Gasteiger partial charge in [0.1, 0.15) is 5.69 Å². The van der Waals surface area contributed by atoms with Crippen LogP contribution in [-0.4, -0.2) is 74.9 Å². The van der Waals surface area contributed by atoms with Gasteiger partial charge in [-0.05, 0) is 23.6 Å². The Morgan fingerprint density at radius 3 is 2.48 bits per heavy atom. The molecule has 0 aliphatic carbocycles. The van der Waals surface area contributed by atoms with Gasteiger partial charge in [-0.1, -0.05) is 6.07 Å². The van der Waals surface area contributed by atoms with Gasteiger partial charge in [0.05, 0.1) is 37.4 Å². The quantitative estimate of drug-likeness (QED) is 0.515. The normalized spacial score (nSPS) is 18.5. The van der Waals surface area contributed by atoms with Gasteiger partial charge in [0.15, 0.2) is 0 Å². The Balaban J connectivity index is 1.48. The van der Waals surface area contributed by atoms with Crippen LogP contribution in [0.3, 0.4) is 0 Å². The summed E-state index contributed by atoms with van der Waals surface area (Å²) in [4.78, 5) is 29.5. The van der Waals surface area contributed by atoms with E-state index < -0.39 is 4.92 Å². The largest absolute Gasteiger partial charge is 0.379 e. The van der Waals surface area contributed by atoms with Crippen molar-refractivity contribution in [3.05, 3.63) is 56.3 Å². The summed E-state index contributed by atoms with van der Waals surface area (Å²) in [6, 6.07) is 8.81. The number of nitrogens with zero attached hydrogens (tertiary/aromatic N) is 3. The summed E-state index contributed by atoms with van der Waals surface area (Å²) in [5.41, 5.74) is 0.753. The minimum absolute atomic E-state index is 0.0514. The second-order valence-electron chi connectivity index (χ2n) is 7.45. The lowest BCUT2D eigenvalue weighted by Gasteiger charge is -2.34. The van der Waals surface area contributed by atoms with Gasteiger partial charge in [0.2, 0.25) is 0 Å². The first-order chi connectivity index (χ1) is 15.1. The lowest BCUT2D eigenvalue weighted by molar-refractivity contribution is -0.384. The van der Waals surface area contributed by atoms with Crippen LogP contribution in [0, 0.1) is 10.1 Å². The van der Waals surface area contributed by atoms with E-state index in [-0.39, 0.29) is 23.2 Å². The van der Waals surface area contributed by atoms with Crippen LogP contribution in [0.15, 0.2) is 35.7 Å². The van der Waals surface area contributed by atoms with Crippen LogP contribution in [0.2, 0.25) is 0 Å². The first-order valence-corrected chi connectivity index (χ1v) is 11.3. The molecular formula is C21H26N4O5S. The maximum absolute atomic E-state index is 12.9. The fourth-order valence-corrected chi connectivity index (χ4v) is 4.81. The van der Waals surface area contributed by atoms with E-state index in [2.05, 4.69) is 16.3 Å². The number of anilines is 1. The number of nitro groups is 1. The zero-order valence-electron chi connectivity index (χ0n) is 17.2. The molecule has 1 amide bonds. The van der Waals surface area contributed by atoms with Gasteiger partial charge < -0.3 is 19.7 Å². The van der Waals surface area contributed by atoms with E-state index in [4.69, 9.17) is 9.47 Å². The Morgan fingerprint density at radius 2 is 1.84 bits per heavy atom. The van der Waals surface area contributed by atoms with Crippen molar-refractivity contribution in [3.8, 4) is 0 Å². The Morgan fingerprint density at radius 1 is 1.13 bits per heavy atom. The number of nitrogens with one attached hydrogen (secondary N) is 1. The lowest BCUT2D eigenvalue weighted by atomic mass is 10.1. The minimum Gasteiger partial charge on any atom is -0.379 e. The topological polar surface area (TPSA) is 97.2 Å². The van der Waals surface area contributed by atoms with E-state index in [0.717, 1.165) is 13.1 Å². The highest BCUT2D eigenvalue weighted by atomic mass is 32.1. The monoisotopic (exact) mass is 446 g/mol. The molecule has 0 unspecified atom stereocenters. The molecule has 9 nitrogen and oxygen atoms in total. The molecule has 10 heteroatoms. The highest BCUT2D eigenvalue weighted by Gasteiger charge is 2.26. The van der Waals surface area contributed by atoms with Crippen molar-refractivity contribution in [2.24, 2.45) is 0 Å². The summed E-state index contributed by atoms with van der Waals surface area (Å²) in [7, 11) is 0. The van der Waals surface area contributed by atoms with Gasteiger partial charge >= 0.3 is 0 Å². The van der Waals surface area contributed by atoms with Crippen LogP contribution in [0.1, 0.15) is 21.3 Å². The number of ether oxygens (including phenoxy) is 2. The number of hydrogen-bond acceptors (Lipinski definition) is 8. The molecule has 31 heavy (non-hydrogen) atoms. The number of benzene rings is 1. The van der Waals surface area contributed by atoms with Gasteiger partial charge in [-0.25, -0.2) is 0 Å². The fourth-order valence-electron chi connectivity index (χ4n) is 3.95. The Hall–Kier alpha value is -2.53. The summed E-state index contributed by atoms with van der Waals surface area (Å²) in [5.74, 6) is -0.313. The van der Waals surface area contributed by atoms with E-state index in [1.54, 1.807) is 23.5 Å². The zero-order valence-corrected chi connectivity index (χ0v) is 18.0. The number of morpholine rings is 2. The molecule has 3 heterocycles. The molecule has 2 aliphatic heterocycles. The van der Waals surface area contributed by atoms with E-state index in [9.17, 15) is 14.9 Å². The Labute approximate surface area is 184 Å². The molecule has 0 saturated carbocycles. The molecule has 0 spiro atoms. The van der Waals surface area contributed by atoms with E-state index in [1.165, 1.54) is 10.9 Å². The molecule has 2 aromatic rings. The predicted molar refractivity (Wildman–Crippen MR) is 118 cm³/mol. The molecule has 2 saturated heterocycles. The van der Waals surface area contributed by atoms with E-state index >= 15 is 0 Å². The standard InChI is InChI=1S/C21H26N4O5S/c26-21(22-15-19(20-2-1-13-31-20)24-7-11-30-12-8-24)16-3-4-17(18(14-16)25(27)28)23-5-9-29-10-6-23/h1-4,13-14,19H,5-12,15H2,(H,22,26)/t19-/m0/s1. The summed E-state index contributed by atoms with van der Waals surface area (Å²) in [6.45, 7) is 5.63. The van der Waals surface area contributed by atoms with E-state index in [0.29, 0.717) is 51.7 Å². The van der Waals surface area contributed by atoms with Crippen molar-refractivity contribution in [3.63, 3.8) is 0 Å². The van der Waals surface area contributed by atoms with Crippen molar-refractivity contribution < 1.29 is 19.2 Å². The van der Waals surface area contributed by atoms with Gasteiger partial charge in [0, 0.05) is 49.2 Å². The number of thiophene rings is 1. The van der Waals surface area contributed by atoms with Crippen molar-refractivity contribution in [2.45, 2.75) is 6.04 Å². The number of amides is 1. The molecule has 4 rings (SSSR count).